The highest BCUT2D eigenvalue weighted by atomic mass is 35.5. The SMILES string of the molecule is Cc1ccc(C(CCl)Cc2c(Cl)c(C)nn2C)cc1. The van der Waals surface area contributed by atoms with Crippen molar-refractivity contribution in [2.45, 2.75) is 26.2 Å². The summed E-state index contributed by atoms with van der Waals surface area (Å²) in [5.74, 6) is 0.832. The van der Waals surface area contributed by atoms with Crippen LogP contribution in [0.5, 0.6) is 0 Å². The third kappa shape index (κ3) is 3.13. The Hall–Kier alpha value is -0.990. The first-order chi connectivity index (χ1) is 9.02. The molecule has 0 spiro atoms. The summed E-state index contributed by atoms with van der Waals surface area (Å²) in [6.07, 6.45) is 0.808. The molecule has 4 heteroatoms. The molecule has 0 radical (unpaired) electrons. The number of halogens is 2. The van der Waals surface area contributed by atoms with E-state index in [1.54, 1.807) is 0 Å². The molecular formula is C15H18Cl2N2. The van der Waals surface area contributed by atoms with Crippen LogP contribution < -0.4 is 0 Å². The summed E-state index contributed by atoms with van der Waals surface area (Å²) in [4.78, 5) is 0. The zero-order chi connectivity index (χ0) is 14.0. The van der Waals surface area contributed by atoms with Gasteiger partial charge in [-0.3, -0.25) is 4.68 Å². The lowest BCUT2D eigenvalue weighted by Gasteiger charge is -2.15. The van der Waals surface area contributed by atoms with Gasteiger partial charge in [0, 0.05) is 18.8 Å². The van der Waals surface area contributed by atoms with Gasteiger partial charge < -0.3 is 0 Å². The van der Waals surface area contributed by atoms with Crippen LogP contribution in [0.15, 0.2) is 24.3 Å². The number of hydrogen-bond acceptors (Lipinski definition) is 1. The van der Waals surface area contributed by atoms with Crippen molar-refractivity contribution in [3.63, 3.8) is 0 Å². The molecule has 1 aromatic carbocycles. The fourth-order valence-electron chi connectivity index (χ4n) is 2.24. The van der Waals surface area contributed by atoms with Gasteiger partial charge in [-0.2, -0.15) is 5.10 Å². The molecule has 0 aliphatic carbocycles. The molecule has 0 aliphatic rings. The summed E-state index contributed by atoms with van der Waals surface area (Å²) in [5, 5.41) is 5.10. The minimum atomic E-state index is 0.259. The van der Waals surface area contributed by atoms with Crippen LogP contribution in [0, 0.1) is 13.8 Å². The number of rotatable bonds is 4. The average molecular weight is 297 g/mol. The van der Waals surface area contributed by atoms with Crippen LogP contribution in [0.1, 0.15) is 28.4 Å². The molecule has 2 rings (SSSR count). The number of alkyl halides is 1. The van der Waals surface area contributed by atoms with E-state index in [9.17, 15) is 0 Å². The van der Waals surface area contributed by atoms with Crippen LogP contribution in [0.25, 0.3) is 0 Å². The van der Waals surface area contributed by atoms with Crippen molar-refractivity contribution in [2.75, 3.05) is 5.88 Å². The standard InChI is InChI=1S/C15H18Cl2N2/c1-10-4-6-12(7-5-10)13(9-16)8-14-15(17)11(2)18-19(14)3/h4-7,13H,8-9H2,1-3H3. The second kappa shape index (κ2) is 5.98. The third-order valence-corrected chi connectivity index (χ3v) is 4.30. The maximum atomic E-state index is 6.30. The topological polar surface area (TPSA) is 17.8 Å². The molecular weight excluding hydrogens is 279 g/mol. The number of benzene rings is 1. The highest BCUT2D eigenvalue weighted by Gasteiger charge is 2.18. The molecule has 0 saturated heterocycles. The van der Waals surface area contributed by atoms with E-state index in [4.69, 9.17) is 23.2 Å². The predicted molar refractivity (Wildman–Crippen MR) is 81.3 cm³/mol. The smallest absolute Gasteiger partial charge is 0.0847 e. The van der Waals surface area contributed by atoms with Gasteiger partial charge in [0.2, 0.25) is 0 Å². The summed E-state index contributed by atoms with van der Waals surface area (Å²) in [6, 6.07) is 8.51. The van der Waals surface area contributed by atoms with Crippen molar-refractivity contribution in [2.24, 2.45) is 7.05 Å². The zero-order valence-electron chi connectivity index (χ0n) is 11.5. The van der Waals surface area contributed by atoms with Crippen LogP contribution in [0.2, 0.25) is 5.02 Å². The van der Waals surface area contributed by atoms with Gasteiger partial charge in [0.25, 0.3) is 0 Å². The Bertz CT molecular complexity index is 558. The first-order valence-electron chi connectivity index (χ1n) is 6.33. The lowest BCUT2D eigenvalue weighted by Crippen LogP contribution is -2.09. The monoisotopic (exact) mass is 296 g/mol. The van der Waals surface area contributed by atoms with Gasteiger partial charge in [0.05, 0.1) is 16.4 Å². The Labute approximate surface area is 124 Å². The molecule has 2 nitrogen and oxygen atoms in total. The third-order valence-electron chi connectivity index (χ3n) is 3.44. The van der Waals surface area contributed by atoms with Crippen LogP contribution in [0.3, 0.4) is 0 Å². The predicted octanol–water partition coefficient (Wildman–Crippen LogP) is 4.26. The van der Waals surface area contributed by atoms with E-state index in [0.717, 1.165) is 22.8 Å². The van der Waals surface area contributed by atoms with Gasteiger partial charge in [0.1, 0.15) is 0 Å². The largest absolute Gasteiger partial charge is 0.271 e. The van der Waals surface area contributed by atoms with Crippen molar-refractivity contribution < 1.29 is 0 Å². The maximum absolute atomic E-state index is 6.30. The summed E-state index contributed by atoms with van der Waals surface area (Å²) in [6.45, 7) is 4.01. The van der Waals surface area contributed by atoms with Crippen molar-refractivity contribution in [1.29, 1.82) is 0 Å². The van der Waals surface area contributed by atoms with Crippen LogP contribution in [-0.4, -0.2) is 15.7 Å². The molecule has 19 heavy (non-hydrogen) atoms. The molecule has 0 N–H and O–H groups in total. The van der Waals surface area contributed by atoms with Gasteiger partial charge in [-0.15, -0.1) is 11.6 Å². The lowest BCUT2D eigenvalue weighted by molar-refractivity contribution is 0.657. The number of aromatic nitrogens is 2. The van der Waals surface area contributed by atoms with E-state index in [0.29, 0.717) is 5.88 Å². The van der Waals surface area contributed by atoms with Crippen LogP contribution in [-0.2, 0) is 13.5 Å². The zero-order valence-corrected chi connectivity index (χ0v) is 13.0. The number of nitrogens with zero attached hydrogens (tertiary/aromatic N) is 2. The van der Waals surface area contributed by atoms with Crippen LogP contribution in [0.4, 0.5) is 0 Å². The summed E-state index contributed by atoms with van der Waals surface area (Å²) in [5.41, 5.74) is 4.42. The Morgan fingerprint density at radius 1 is 1.21 bits per heavy atom. The molecule has 1 atom stereocenters. The van der Waals surface area contributed by atoms with Crippen molar-refractivity contribution in [3.05, 3.63) is 51.8 Å². The van der Waals surface area contributed by atoms with E-state index in [-0.39, 0.29) is 5.92 Å². The van der Waals surface area contributed by atoms with E-state index < -0.39 is 0 Å². The van der Waals surface area contributed by atoms with E-state index >= 15 is 0 Å². The normalized spacial score (nSPS) is 12.7. The highest BCUT2D eigenvalue weighted by Crippen LogP contribution is 2.28. The van der Waals surface area contributed by atoms with Crippen LogP contribution >= 0.6 is 23.2 Å². The van der Waals surface area contributed by atoms with Gasteiger partial charge in [-0.1, -0.05) is 41.4 Å². The van der Waals surface area contributed by atoms with Gasteiger partial charge >= 0.3 is 0 Å². The summed E-state index contributed by atoms with van der Waals surface area (Å²) < 4.78 is 1.85. The summed E-state index contributed by atoms with van der Waals surface area (Å²) in [7, 11) is 1.93. The van der Waals surface area contributed by atoms with Crippen molar-refractivity contribution in [3.8, 4) is 0 Å². The molecule has 2 aromatic rings. The highest BCUT2D eigenvalue weighted by molar-refractivity contribution is 6.31. The Kier molecular flexibility index (Phi) is 4.54. The molecule has 1 unspecified atom stereocenters. The van der Waals surface area contributed by atoms with E-state index in [1.165, 1.54) is 11.1 Å². The summed E-state index contributed by atoms with van der Waals surface area (Å²) >= 11 is 12.4. The molecule has 0 bridgehead atoms. The number of hydrogen-bond donors (Lipinski definition) is 0. The molecule has 0 aliphatic heterocycles. The van der Waals surface area contributed by atoms with Crippen molar-refractivity contribution in [1.82, 2.24) is 9.78 Å². The van der Waals surface area contributed by atoms with E-state index in [2.05, 4.69) is 36.3 Å². The molecule has 102 valence electrons. The molecule has 0 amide bonds. The fraction of sp³-hybridized carbons (Fsp3) is 0.400. The minimum absolute atomic E-state index is 0.259. The second-order valence-corrected chi connectivity index (χ2v) is 5.62. The Morgan fingerprint density at radius 3 is 2.32 bits per heavy atom. The van der Waals surface area contributed by atoms with Gasteiger partial charge in [-0.25, -0.2) is 0 Å². The minimum Gasteiger partial charge on any atom is -0.271 e. The van der Waals surface area contributed by atoms with E-state index in [1.807, 2.05) is 18.7 Å². The quantitative estimate of drug-likeness (QED) is 0.771. The van der Waals surface area contributed by atoms with Gasteiger partial charge in [-0.05, 0) is 25.8 Å². The first kappa shape index (κ1) is 14.4. The fourth-order valence-corrected chi connectivity index (χ4v) is 2.76. The average Bonchev–Trinajstić information content (AvgIpc) is 2.63. The lowest BCUT2D eigenvalue weighted by atomic mass is 9.95. The Balaban J connectivity index is 2.26. The Morgan fingerprint density at radius 2 is 1.84 bits per heavy atom. The molecule has 0 fully saturated rings. The first-order valence-corrected chi connectivity index (χ1v) is 7.24. The molecule has 0 saturated carbocycles. The number of aryl methyl sites for hydroxylation is 3. The molecule has 1 aromatic heterocycles. The second-order valence-electron chi connectivity index (χ2n) is 4.94. The van der Waals surface area contributed by atoms with Crippen molar-refractivity contribution >= 4 is 23.2 Å². The van der Waals surface area contributed by atoms with Gasteiger partial charge in [0.15, 0.2) is 0 Å². The molecule has 1 heterocycles. The maximum Gasteiger partial charge on any atom is 0.0847 e.